The Morgan fingerprint density at radius 3 is 1.69 bits per heavy atom. The zero-order valence-corrected chi connectivity index (χ0v) is 66.2. The van der Waals surface area contributed by atoms with E-state index in [4.69, 9.17) is 75.8 Å². The number of hydrogen-bond donors (Lipinski definition) is 18. The highest BCUT2D eigenvalue weighted by Crippen LogP contribution is 2.76. The van der Waals surface area contributed by atoms with Crippen molar-refractivity contribution in [2.24, 2.45) is 50.2 Å². The normalized spacial score (nSPS) is 48.1. The lowest BCUT2D eigenvalue weighted by Crippen LogP contribution is -2.71. The van der Waals surface area contributed by atoms with Crippen LogP contribution in [0.25, 0.3) is 6.08 Å². The van der Waals surface area contributed by atoms with Crippen LogP contribution in [-0.2, 0) is 85.5 Å². The maximum atomic E-state index is 16.5. The van der Waals surface area contributed by atoms with Gasteiger partial charge in [0.2, 0.25) is 6.29 Å². The number of allylic oxidation sites excluding steroid dienone is 1. The van der Waals surface area contributed by atoms with Crippen LogP contribution in [0, 0.1) is 50.2 Å². The first-order chi connectivity index (χ1) is 54.6. The zero-order chi connectivity index (χ0) is 84.7. The molecule has 38 nitrogen and oxygen atoms in total. The molecule has 4 saturated carbocycles. The van der Waals surface area contributed by atoms with Crippen molar-refractivity contribution in [3.8, 4) is 11.5 Å². The summed E-state index contributed by atoms with van der Waals surface area (Å²) >= 11 is 0. The minimum atomic E-state index is -2.25. The van der Waals surface area contributed by atoms with Crippen LogP contribution in [0.4, 0.5) is 0 Å². The van der Waals surface area contributed by atoms with Crippen LogP contribution >= 0.6 is 0 Å². The first-order valence-corrected chi connectivity index (χ1v) is 39.6. The zero-order valence-electron chi connectivity index (χ0n) is 66.2. The first-order valence-electron chi connectivity index (χ1n) is 39.6. The smallest absolute Gasteiger partial charge is 0.331 e. The topological polar surface area (TPSA) is 580 Å². The molecule has 6 heterocycles. The van der Waals surface area contributed by atoms with E-state index in [0.29, 0.717) is 36.3 Å². The van der Waals surface area contributed by atoms with E-state index in [2.05, 4.69) is 6.92 Å². The number of carboxylic acid groups (broad SMARTS) is 1. The highest BCUT2D eigenvalue weighted by molar-refractivity contribution is 5.87. The fraction of sp³-hybridized carbons (Fsp3) is 0.821. The van der Waals surface area contributed by atoms with Gasteiger partial charge in [-0.3, -0.25) is 14.4 Å². The summed E-state index contributed by atoms with van der Waals surface area (Å²) < 4.78 is 96.3. The highest BCUT2D eigenvalue weighted by atomic mass is 16.8. The number of aliphatic hydroxyl groups excluding tert-OH is 17. The Kier molecular flexibility index (Phi) is 27.3. The van der Waals surface area contributed by atoms with Crippen LogP contribution < -0.4 is 9.47 Å². The lowest BCUT2D eigenvalue weighted by Gasteiger charge is -2.71. The summed E-state index contributed by atoms with van der Waals surface area (Å²) in [5.74, 6) is -5.41. The van der Waals surface area contributed by atoms with E-state index in [-0.39, 0.29) is 38.5 Å². The van der Waals surface area contributed by atoms with Crippen LogP contribution in [0.15, 0.2) is 35.9 Å². The summed E-state index contributed by atoms with van der Waals surface area (Å²) in [5, 5.41) is 202. The number of benzene rings is 1. The third-order valence-corrected chi connectivity index (χ3v) is 27.5. The monoisotopic (exact) mass is 1660 g/mol. The number of carbonyl (C=O) groups excluding carboxylic acids is 3. The molecule has 5 aliphatic carbocycles. The van der Waals surface area contributed by atoms with Gasteiger partial charge in [-0.1, -0.05) is 45.4 Å². The van der Waals surface area contributed by atoms with Crippen molar-refractivity contribution >= 4 is 30.0 Å². The second-order valence-corrected chi connectivity index (χ2v) is 34.7. The largest absolute Gasteiger partial charge is 0.493 e. The molecule has 12 rings (SSSR count). The van der Waals surface area contributed by atoms with E-state index >= 15 is 4.79 Å². The second-order valence-electron chi connectivity index (χ2n) is 34.7. The molecular weight excluding hydrogens is 1540 g/mol. The minimum absolute atomic E-state index is 0.0434. The molecule has 656 valence electrons. The second kappa shape index (κ2) is 35.1. The van der Waals surface area contributed by atoms with Gasteiger partial charge in [-0.25, -0.2) is 4.79 Å². The van der Waals surface area contributed by atoms with Gasteiger partial charge in [-0.05, 0) is 136 Å². The van der Waals surface area contributed by atoms with Crippen molar-refractivity contribution in [1.82, 2.24) is 0 Å². The van der Waals surface area contributed by atoms with E-state index in [1.807, 2.05) is 26.8 Å². The van der Waals surface area contributed by atoms with Gasteiger partial charge < -0.3 is 168 Å². The van der Waals surface area contributed by atoms with Crippen molar-refractivity contribution in [1.29, 1.82) is 0 Å². The maximum absolute atomic E-state index is 16.5. The average Bonchev–Trinajstić information content (AvgIpc) is 0.668. The molecule has 6 saturated heterocycles. The third kappa shape index (κ3) is 16.2. The predicted octanol–water partition coefficient (Wildman–Crippen LogP) is -3.83. The van der Waals surface area contributed by atoms with Gasteiger partial charge in [0, 0.05) is 18.4 Å². The number of ether oxygens (including phenoxy) is 16. The van der Waals surface area contributed by atoms with Gasteiger partial charge in [0.05, 0.1) is 69.8 Å². The molecule has 1 aromatic rings. The lowest BCUT2D eigenvalue weighted by molar-refractivity contribution is -0.393. The van der Waals surface area contributed by atoms with Crippen molar-refractivity contribution in [2.45, 2.75) is 304 Å². The summed E-state index contributed by atoms with van der Waals surface area (Å²) in [6.45, 7) is 9.95. The molecule has 0 spiro atoms. The van der Waals surface area contributed by atoms with Gasteiger partial charge in [-0.2, -0.15) is 0 Å². The van der Waals surface area contributed by atoms with Crippen LogP contribution in [0.3, 0.4) is 0 Å². The first kappa shape index (κ1) is 90.3. The Hall–Kier alpha value is -4.94. The van der Waals surface area contributed by atoms with Crippen molar-refractivity contribution in [3.63, 3.8) is 0 Å². The molecule has 116 heavy (non-hydrogen) atoms. The van der Waals surface area contributed by atoms with E-state index in [9.17, 15) is 106 Å². The maximum Gasteiger partial charge on any atom is 0.331 e. The predicted molar refractivity (Wildman–Crippen MR) is 386 cm³/mol. The Morgan fingerprint density at radius 2 is 1.09 bits per heavy atom. The molecule has 11 aliphatic rings. The molecule has 0 bridgehead atoms. The fourth-order valence-electron chi connectivity index (χ4n) is 20.9. The summed E-state index contributed by atoms with van der Waals surface area (Å²) in [6, 6.07) is 4.74. The fourth-order valence-corrected chi connectivity index (χ4v) is 20.9. The quantitative estimate of drug-likeness (QED) is 0.0164. The van der Waals surface area contributed by atoms with E-state index in [0.717, 1.165) is 18.6 Å². The van der Waals surface area contributed by atoms with Crippen LogP contribution in [0.5, 0.6) is 11.5 Å². The molecule has 38 heteroatoms. The molecule has 10 fully saturated rings. The summed E-state index contributed by atoms with van der Waals surface area (Å²) in [4.78, 5) is 57.2. The molecule has 1 aromatic carbocycles. The average molecular weight is 1660 g/mol. The minimum Gasteiger partial charge on any atom is -0.493 e. The Morgan fingerprint density at radius 1 is 0.543 bits per heavy atom. The Balaban J connectivity index is 0.878. The van der Waals surface area contributed by atoms with Crippen molar-refractivity contribution in [3.05, 3.63) is 41.5 Å². The van der Waals surface area contributed by atoms with Crippen molar-refractivity contribution in [2.75, 3.05) is 47.3 Å². The summed E-state index contributed by atoms with van der Waals surface area (Å²) in [6.07, 6.45) is -50.5. The Bertz CT molecular complexity index is 3660. The van der Waals surface area contributed by atoms with Gasteiger partial charge in [0.25, 0.3) is 0 Å². The van der Waals surface area contributed by atoms with E-state index in [1.54, 1.807) is 18.2 Å². The van der Waals surface area contributed by atoms with E-state index < -0.39 is 297 Å². The molecule has 0 radical (unpaired) electrons. The number of aliphatic hydroxyl groups is 17. The number of carboxylic acids is 1. The summed E-state index contributed by atoms with van der Waals surface area (Å²) in [7, 11) is 2.83. The number of hydrogen-bond acceptors (Lipinski definition) is 37. The van der Waals surface area contributed by atoms with Crippen molar-refractivity contribution < 1.29 is 187 Å². The number of aliphatic carboxylic acids is 1. The number of carbonyl (C=O) groups is 4. The third-order valence-electron chi connectivity index (χ3n) is 27.5. The molecular formula is C78H116O38. The van der Waals surface area contributed by atoms with Gasteiger partial charge >= 0.3 is 23.9 Å². The SMILES string of the molecule is COc1ccc(C=CC(=O)OC2C(C)OC(OC(=O)C34CCC(C)(C)CC3C3=CCC5C6(C)CC(O)C(OC7OC(CO)C(O)C(O)C7O)C(C)(C(=O)O)C6CCC5(C)C3(CO)CC4)C(OC3OC(C)C(OC4OCC(OC5OC(CO)C(O)C(O)C5O)C(O)C4O)C(O)C3O)C2OC2OC(COC(C)=O)C(O)C(O)C2O)cc1OC. The number of fused-ring (bicyclic) bond motifs is 7. The number of rotatable bonds is 23. The molecule has 6 aliphatic heterocycles. The van der Waals surface area contributed by atoms with Crippen LogP contribution in [0.2, 0.25) is 0 Å². The molecule has 0 amide bonds. The van der Waals surface area contributed by atoms with Crippen LogP contribution in [0.1, 0.15) is 119 Å². The Labute approximate surface area is 668 Å². The summed E-state index contributed by atoms with van der Waals surface area (Å²) in [5.41, 5.74) is -5.78. The van der Waals surface area contributed by atoms with Crippen LogP contribution in [-0.4, -0.2) is 353 Å². The molecule has 39 atom stereocenters. The lowest BCUT2D eigenvalue weighted by atomic mass is 9.33. The van der Waals surface area contributed by atoms with Gasteiger partial charge in [-0.15, -0.1) is 0 Å². The highest BCUT2D eigenvalue weighted by Gasteiger charge is 2.74. The number of methoxy groups -OCH3 is 2. The molecule has 39 unspecified atom stereocenters. The molecule has 0 aromatic heterocycles. The van der Waals surface area contributed by atoms with Gasteiger partial charge in [0.1, 0.15) is 129 Å². The number of esters is 3. The standard InChI is InChI=1S/C78H116O38/c1-31-60(112-65-55(93)50(88)43(29-104-65)109-67-56(94)51(89)47(85)40(26-79)107-67)54(92)59(97)66(105-31)114-63-62(113-68-57(95)53(91)49(87)42(110-68)28-103-33(3)82)61(111-46(84)16-12-34-11-14-38(101-9)39(23-34)102-10)32(2)106-70(63)116-72(100)77-20-19-73(4,5)24-36(77)35-13-15-44-74(6)25-37(83)64(115-69-58(96)52(90)48(86)41(27-80)108-69)76(8,71(98)99)45(74)17-18-75(44,7)78(35,30-81)22-21-77/h11-14,16,23,31-32,36-37,40-45,47-70,79-81,83,85-97H,15,17-22,24-30H2,1-10H3,(H,98,99). The molecule has 18 N–H and O–H groups in total. The van der Waals surface area contributed by atoms with E-state index in [1.165, 1.54) is 41.1 Å². The van der Waals surface area contributed by atoms with Gasteiger partial charge in [0.15, 0.2) is 55.2 Å².